The van der Waals surface area contributed by atoms with Gasteiger partial charge in [0.1, 0.15) is 5.54 Å². The van der Waals surface area contributed by atoms with Crippen LogP contribution in [0.4, 0.5) is 0 Å². The first kappa shape index (κ1) is 25.7. The zero-order valence-corrected chi connectivity index (χ0v) is 22.0. The van der Waals surface area contributed by atoms with E-state index in [0.29, 0.717) is 13.2 Å². The molecule has 1 heterocycles. The van der Waals surface area contributed by atoms with E-state index in [9.17, 15) is 0 Å². The molecular formula is C34H34N2O2. The Morgan fingerprint density at radius 1 is 0.658 bits per heavy atom. The second-order valence-electron chi connectivity index (χ2n) is 9.24. The van der Waals surface area contributed by atoms with Crippen LogP contribution in [0.1, 0.15) is 53.6 Å². The summed E-state index contributed by atoms with van der Waals surface area (Å²) < 4.78 is 13.8. The number of aromatic nitrogens is 2. The van der Waals surface area contributed by atoms with Crippen molar-refractivity contribution in [1.29, 1.82) is 0 Å². The van der Waals surface area contributed by atoms with Crippen molar-refractivity contribution >= 4 is 0 Å². The molecule has 0 amide bonds. The molecule has 5 aromatic rings. The van der Waals surface area contributed by atoms with Crippen molar-refractivity contribution in [3.63, 3.8) is 0 Å². The van der Waals surface area contributed by atoms with Crippen LogP contribution in [0.2, 0.25) is 0 Å². The predicted octanol–water partition coefficient (Wildman–Crippen LogP) is 7.39. The van der Waals surface area contributed by atoms with E-state index >= 15 is 0 Å². The standard InChI is InChI=1S/C34H34N2O2/c1-3-37-33(38-4-2)28-22-20-27(21-23-28)24-32-25-36(26-35-32)34(29-14-8-5-9-15-29,30-16-10-6-11-17-30)31-18-12-7-13-19-31/h5-23,25-26,33H,3-4,24H2,1-2H3. The number of rotatable bonds is 11. The van der Waals surface area contributed by atoms with Crippen molar-refractivity contribution in [3.05, 3.63) is 161 Å². The van der Waals surface area contributed by atoms with Gasteiger partial charge in [0.25, 0.3) is 0 Å². The maximum absolute atomic E-state index is 5.76. The SMILES string of the molecule is CCOC(OCC)c1ccc(Cc2cn(C(c3ccccc3)(c3ccccc3)c3ccccc3)cn2)cc1. The molecule has 0 fully saturated rings. The first-order chi connectivity index (χ1) is 18.8. The van der Waals surface area contributed by atoms with Gasteiger partial charge in [0.2, 0.25) is 0 Å². The highest BCUT2D eigenvalue weighted by Crippen LogP contribution is 2.40. The number of ether oxygens (including phenoxy) is 2. The Hall–Kier alpha value is -3.99. The molecule has 192 valence electrons. The van der Waals surface area contributed by atoms with Crippen molar-refractivity contribution in [3.8, 4) is 0 Å². The third kappa shape index (κ3) is 5.19. The van der Waals surface area contributed by atoms with Gasteiger partial charge in [-0.3, -0.25) is 0 Å². The van der Waals surface area contributed by atoms with Gasteiger partial charge in [0.15, 0.2) is 6.29 Å². The summed E-state index contributed by atoms with van der Waals surface area (Å²) in [6, 6.07) is 40.5. The molecule has 0 saturated heterocycles. The monoisotopic (exact) mass is 502 g/mol. The molecule has 0 bridgehead atoms. The number of nitrogens with zero attached hydrogens (tertiary/aromatic N) is 2. The Kier molecular flexibility index (Phi) is 8.12. The lowest BCUT2D eigenvalue weighted by atomic mass is 9.77. The van der Waals surface area contributed by atoms with Crippen LogP contribution < -0.4 is 0 Å². The van der Waals surface area contributed by atoms with Crippen LogP contribution in [0.25, 0.3) is 0 Å². The average molecular weight is 503 g/mol. The van der Waals surface area contributed by atoms with Crippen LogP contribution in [0.15, 0.2) is 128 Å². The normalized spacial score (nSPS) is 11.7. The predicted molar refractivity (Wildman–Crippen MR) is 152 cm³/mol. The molecular weight excluding hydrogens is 468 g/mol. The van der Waals surface area contributed by atoms with Crippen LogP contribution in [0, 0.1) is 0 Å². The maximum atomic E-state index is 5.76. The van der Waals surface area contributed by atoms with Gasteiger partial charge in [-0.15, -0.1) is 0 Å². The summed E-state index contributed by atoms with van der Waals surface area (Å²) in [5.74, 6) is 0. The van der Waals surface area contributed by atoms with Crippen molar-refractivity contribution in [2.45, 2.75) is 32.1 Å². The zero-order chi connectivity index (χ0) is 26.2. The summed E-state index contributed by atoms with van der Waals surface area (Å²) in [5, 5.41) is 0. The van der Waals surface area contributed by atoms with E-state index in [1.54, 1.807) is 0 Å². The summed E-state index contributed by atoms with van der Waals surface area (Å²) >= 11 is 0. The molecule has 0 saturated carbocycles. The summed E-state index contributed by atoms with van der Waals surface area (Å²) in [5.41, 5.74) is 6.22. The van der Waals surface area contributed by atoms with Crippen molar-refractivity contribution < 1.29 is 9.47 Å². The number of imidazole rings is 1. The third-order valence-corrected chi connectivity index (χ3v) is 6.87. The Morgan fingerprint density at radius 3 is 1.58 bits per heavy atom. The van der Waals surface area contributed by atoms with Gasteiger partial charge in [0, 0.05) is 31.4 Å². The van der Waals surface area contributed by atoms with E-state index in [2.05, 4.69) is 126 Å². The van der Waals surface area contributed by atoms with Crippen LogP contribution >= 0.6 is 0 Å². The van der Waals surface area contributed by atoms with E-state index in [-0.39, 0.29) is 6.29 Å². The summed E-state index contributed by atoms with van der Waals surface area (Å²) in [4.78, 5) is 4.88. The molecule has 0 atom stereocenters. The smallest absolute Gasteiger partial charge is 0.183 e. The van der Waals surface area contributed by atoms with E-state index in [0.717, 1.165) is 17.7 Å². The van der Waals surface area contributed by atoms with Crippen molar-refractivity contribution in [2.24, 2.45) is 0 Å². The summed E-state index contributed by atoms with van der Waals surface area (Å²) in [7, 11) is 0. The van der Waals surface area contributed by atoms with Gasteiger partial charge >= 0.3 is 0 Å². The molecule has 0 N–H and O–H groups in total. The molecule has 0 radical (unpaired) electrons. The topological polar surface area (TPSA) is 36.3 Å². The Bertz CT molecular complexity index is 1290. The van der Waals surface area contributed by atoms with Gasteiger partial charge in [-0.1, -0.05) is 115 Å². The number of benzene rings is 4. The van der Waals surface area contributed by atoms with Crippen LogP contribution in [0.5, 0.6) is 0 Å². The largest absolute Gasteiger partial charge is 0.349 e. The minimum Gasteiger partial charge on any atom is -0.349 e. The van der Waals surface area contributed by atoms with E-state index in [1.165, 1.54) is 22.3 Å². The average Bonchev–Trinajstić information content (AvgIpc) is 3.44. The second-order valence-corrected chi connectivity index (χ2v) is 9.24. The molecule has 38 heavy (non-hydrogen) atoms. The minimum absolute atomic E-state index is 0.332. The van der Waals surface area contributed by atoms with Crippen molar-refractivity contribution in [2.75, 3.05) is 13.2 Å². The minimum atomic E-state index is -0.554. The van der Waals surface area contributed by atoms with Gasteiger partial charge in [0.05, 0.1) is 12.0 Å². The highest BCUT2D eigenvalue weighted by Gasteiger charge is 2.38. The van der Waals surface area contributed by atoms with E-state index < -0.39 is 5.54 Å². The molecule has 1 aromatic heterocycles. The molecule has 0 aliphatic rings. The van der Waals surface area contributed by atoms with Crippen LogP contribution in [-0.2, 0) is 21.4 Å². The fraction of sp³-hybridized carbons (Fsp3) is 0.206. The highest BCUT2D eigenvalue weighted by molar-refractivity contribution is 5.50. The highest BCUT2D eigenvalue weighted by atomic mass is 16.7. The maximum Gasteiger partial charge on any atom is 0.183 e. The second kappa shape index (κ2) is 12.0. The Morgan fingerprint density at radius 2 is 1.13 bits per heavy atom. The van der Waals surface area contributed by atoms with Gasteiger partial charge < -0.3 is 14.0 Å². The number of hydrogen-bond donors (Lipinski definition) is 0. The molecule has 4 heteroatoms. The third-order valence-electron chi connectivity index (χ3n) is 6.87. The molecule has 0 aliphatic heterocycles. The summed E-state index contributed by atoms with van der Waals surface area (Å²) in [6.07, 6.45) is 4.55. The molecule has 5 rings (SSSR count). The van der Waals surface area contributed by atoms with Gasteiger partial charge in [-0.2, -0.15) is 0 Å². The van der Waals surface area contributed by atoms with Gasteiger partial charge in [-0.25, -0.2) is 4.98 Å². The lowest BCUT2D eigenvalue weighted by Crippen LogP contribution is -2.36. The van der Waals surface area contributed by atoms with E-state index in [1.807, 2.05) is 20.2 Å². The van der Waals surface area contributed by atoms with Crippen molar-refractivity contribution in [1.82, 2.24) is 9.55 Å². The molecule has 4 aromatic carbocycles. The Balaban J connectivity index is 1.54. The molecule has 0 aliphatic carbocycles. The first-order valence-electron chi connectivity index (χ1n) is 13.3. The van der Waals surface area contributed by atoms with Crippen LogP contribution in [0.3, 0.4) is 0 Å². The fourth-order valence-electron chi connectivity index (χ4n) is 5.17. The lowest BCUT2D eigenvalue weighted by Gasteiger charge is -2.37. The van der Waals surface area contributed by atoms with E-state index in [4.69, 9.17) is 14.5 Å². The fourth-order valence-corrected chi connectivity index (χ4v) is 5.17. The van der Waals surface area contributed by atoms with Gasteiger partial charge in [-0.05, 0) is 36.1 Å². The summed E-state index contributed by atoms with van der Waals surface area (Å²) in [6.45, 7) is 5.18. The lowest BCUT2D eigenvalue weighted by molar-refractivity contribution is -0.140. The number of hydrogen-bond acceptors (Lipinski definition) is 3. The molecule has 4 nitrogen and oxygen atoms in total. The first-order valence-corrected chi connectivity index (χ1v) is 13.3. The molecule has 0 unspecified atom stereocenters. The zero-order valence-electron chi connectivity index (χ0n) is 22.0. The Labute approximate surface area is 225 Å². The van der Waals surface area contributed by atoms with Crippen LogP contribution in [-0.4, -0.2) is 22.8 Å². The quantitative estimate of drug-likeness (QED) is 0.140. The molecule has 0 spiro atoms.